The SMILES string of the molecule is CCN(CC)C(=O)c1nc(C(=O)Nc2cccc(F)c2)n2ccccc12. The molecule has 0 aliphatic carbocycles. The highest BCUT2D eigenvalue weighted by Gasteiger charge is 2.24. The quantitative estimate of drug-likeness (QED) is 0.765. The van der Waals surface area contributed by atoms with Crippen molar-refractivity contribution >= 4 is 23.0 Å². The van der Waals surface area contributed by atoms with Gasteiger partial charge in [-0.05, 0) is 44.2 Å². The third-order valence-corrected chi connectivity index (χ3v) is 4.09. The molecule has 2 heterocycles. The molecule has 3 aromatic rings. The molecule has 0 unspecified atom stereocenters. The number of amides is 2. The number of imidazole rings is 1. The number of fused-ring (bicyclic) bond motifs is 1. The predicted octanol–water partition coefficient (Wildman–Crippen LogP) is 3.21. The van der Waals surface area contributed by atoms with Crippen LogP contribution in [0.5, 0.6) is 0 Å². The highest BCUT2D eigenvalue weighted by molar-refractivity contribution is 6.06. The molecular weight excluding hydrogens is 335 g/mol. The number of carbonyl (C=O) groups is 2. The van der Waals surface area contributed by atoms with Crippen LogP contribution in [0.2, 0.25) is 0 Å². The lowest BCUT2D eigenvalue weighted by Gasteiger charge is -2.17. The van der Waals surface area contributed by atoms with Gasteiger partial charge < -0.3 is 10.2 Å². The molecule has 2 amide bonds. The van der Waals surface area contributed by atoms with E-state index in [0.717, 1.165) is 0 Å². The molecule has 0 spiro atoms. The molecular formula is C19H19FN4O2. The summed E-state index contributed by atoms with van der Waals surface area (Å²) in [6.07, 6.45) is 1.67. The summed E-state index contributed by atoms with van der Waals surface area (Å²) in [6.45, 7) is 4.87. The van der Waals surface area contributed by atoms with Crippen molar-refractivity contribution in [1.82, 2.24) is 14.3 Å². The number of halogens is 1. The molecule has 0 radical (unpaired) electrons. The molecule has 26 heavy (non-hydrogen) atoms. The minimum Gasteiger partial charge on any atom is -0.338 e. The molecule has 0 fully saturated rings. The number of pyridine rings is 1. The number of rotatable bonds is 5. The zero-order valence-electron chi connectivity index (χ0n) is 14.6. The molecule has 0 bridgehead atoms. The van der Waals surface area contributed by atoms with E-state index >= 15 is 0 Å². The normalized spacial score (nSPS) is 10.7. The van der Waals surface area contributed by atoms with Crippen LogP contribution in [0.3, 0.4) is 0 Å². The lowest BCUT2D eigenvalue weighted by atomic mass is 10.3. The second kappa shape index (κ2) is 7.35. The Morgan fingerprint density at radius 1 is 1.15 bits per heavy atom. The standard InChI is InChI=1S/C19H19FN4O2/c1-3-23(4-2)19(26)16-15-10-5-6-11-24(15)17(22-16)18(25)21-14-9-7-8-13(20)12-14/h5-12H,3-4H2,1-2H3,(H,21,25). The van der Waals surface area contributed by atoms with E-state index in [2.05, 4.69) is 10.3 Å². The molecule has 7 heteroatoms. The van der Waals surface area contributed by atoms with Crippen molar-refractivity contribution in [2.24, 2.45) is 0 Å². The fourth-order valence-electron chi connectivity index (χ4n) is 2.77. The Bertz CT molecular complexity index is 963. The molecule has 0 aliphatic heterocycles. The summed E-state index contributed by atoms with van der Waals surface area (Å²) in [5.74, 6) is -1.13. The molecule has 0 saturated heterocycles. The van der Waals surface area contributed by atoms with Gasteiger partial charge in [0.1, 0.15) is 5.82 Å². The second-order valence-electron chi connectivity index (χ2n) is 5.68. The first-order valence-corrected chi connectivity index (χ1v) is 8.38. The summed E-state index contributed by atoms with van der Waals surface area (Å²) in [4.78, 5) is 31.3. The zero-order chi connectivity index (χ0) is 18.7. The predicted molar refractivity (Wildman–Crippen MR) is 96.8 cm³/mol. The molecule has 0 saturated carbocycles. The van der Waals surface area contributed by atoms with E-state index in [4.69, 9.17) is 0 Å². The van der Waals surface area contributed by atoms with Crippen LogP contribution in [0.1, 0.15) is 35.0 Å². The number of benzene rings is 1. The third kappa shape index (κ3) is 3.28. The zero-order valence-corrected chi connectivity index (χ0v) is 14.6. The molecule has 1 N–H and O–H groups in total. The minimum absolute atomic E-state index is 0.0698. The summed E-state index contributed by atoms with van der Waals surface area (Å²) < 4.78 is 14.9. The number of anilines is 1. The van der Waals surface area contributed by atoms with E-state index in [-0.39, 0.29) is 17.4 Å². The molecule has 2 aromatic heterocycles. The van der Waals surface area contributed by atoms with E-state index in [1.54, 1.807) is 39.8 Å². The van der Waals surface area contributed by atoms with Gasteiger partial charge in [0, 0.05) is 25.0 Å². The van der Waals surface area contributed by atoms with Crippen LogP contribution >= 0.6 is 0 Å². The van der Waals surface area contributed by atoms with Crippen LogP contribution in [0.4, 0.5) is 10.1 Å². The van der Waals surface area contributed by atoms with E-state index in [1.165, 1.54) is 18.2 Å². The first-order chi connectivity index (χ1) is 12.5. The van der Waals surface area contributed by atoms with E-state index in [1.807, 2.05) is 13.8 Å². The monoisotopic (exact) mass is 354 g/mol. The number of hydrogen-bond acceptors (Lipinski definition) is 3. The fourth-order valence-corrected chi connectivity index (χ4v) is 2.77. The van der Waals surface area contributed by atoms with Crippen LogP contribution in [-0.4, -0.2) is 39.2 Å². The highest BCUT2D eigenvalue weighted by Crippen LogP contribution is 2.17. The Kier molecular flexibility index (Phi) is 4.97. The van der Waals surface area contributed by atoms with Gasteiger partial charge in [-0.15, -0.1) is 0 Å². The maximum absolute atomic E-state index is 13.3. The van der Waals surface area contributed by atoms with Crippen molar-refractivity contribution in [3.63, 3.8) is 0 Å². The number of hydrogen-bond donors (Lipinski definition) is 1. The summed E-state index contributed by atoms with van der Waals surface area (Å²) >= 11 is 0. The average molecular weight is 354 g/mol. The molecule has 6 nitrogen and oxygen atoms in total. The smallest absolute Gasteiger partial charge is 0.292 e. The van der Waals surface area contributed by atoms with Gasteiger partial charge in [0.25, 0.3) is 11.8 Å². The van der Waals surface area contributed by atoms with Gasteiger partial charge in [-0.25, -0.2) is 9.37 Å². The van der Waals surface area contributed by atoms with Crippen LogP contribution in [0.15, 0.2) is 48.7 Å². The Morgan fingerprint density at radius 2 is 1.92 bits per heavy atom. The van der Waals surface area contributed by atoms with Crippen molar-refractivity contribution in [2.75, 3.05) is 18.4 Å². The van der Waals surface area contributed by atoms with Gasteiger partial charge >= 0.3 is 0 Å². The van der Waals surface area contributed by atoms with Crippen molar-refractivity contribution in [1.29, 1.82) is 0 Å². The van der Waals surface area contributed by atoms with Gasteiger partial charge in [-0.2, -0.15) is 0 Å². The Morgan fingerprint density at radius 3 is 2.62 bits per heavy atom. The van der Waals surface area contributed by atoms with Crippen molar-refractivity contribution < 1.29 is 14.0 Å². The fraction of sp³-hybridized carbons (Fsp3) is 0.211. The van der Waals surface area contributed by atoms with E-state index in [9.17, 15) is 14.0 Å². The van der Waals surface area contributed by atoms with E-state index < -0.39 is 11.7 Å². The second-order valence-corrected chi connectivity index (χ2v) is 5.68. The van der Waals surface area contributed by atoms with Crippen LogP contribution in [0, 0.1) is 5.82 Å². The maximum atomic E-state index is 13.3. The number of aromatic nitrogens is 2. The summed E-state index contributed by atoms with van der Waals surface area (Å²) in [7, 11) is 0. The third-order valence-electron chi connectivity index (χ3n) is 4.09. The van der Waals surface area contributed by atoms with Gasteiger partial charge in [-0.3, -0.25) is 14.0 Å². The van der Waals surface area contributed by atoms with Gasteiger partial charge in [0.2, 0.25) is 5.82 Å². The van der Waals surface area contributed by atoms with Gasteiger partial charge in [-0.1, -0.05) is 12.1 Å². The molecule has 0 aliphatic rings. The maximum Gasteiger partial charge on any atom is 0.292 e. The van der Waals surface area contributed by atoms with Crippen molar-refractivity contribution in [3.8, 4) is 0 Å². The largest absolute Gasteiger partial charge is 0.338 e. The van der Waals surface area contributed by atoms with Gasteiger partial charge in [0.05, 0.1) is 5.52 Å². The topological polar surface area (TPSA) is 66.7 Å². The first kappa shape index (κ1) is 17.6. The Labute approximate surface area is 150 Å². The Balaban J connectivity index is 2.01. The van der Waals surface area contributed by atoms with Crippen molar-refractivity contribution in [3.05, 3.63) is 66.0 Å². The lowest BCUT2D eigenvalue weighted by Crippen LogP contribution is -2.31. The van der Waals surface area contributed by atoms with Crippen LogP contribution in [-0.2, 0) is 0 Å². The summed E-state index contributed by atoms with van der Waals surface area (Å²) in [6, 6.07) is 10.9. The Hall–Kier alpha value is -3.22. The van der Waals surface area contributed by atoms with E-state index in [0.29, 0.717) is 24.3 Å². The summed E-state index contributed by atoms with van der Waals surface area (Å²) in [5, 5.41) is 2.61. The lowest BCUT2D eigenvalue weighted by molar-refractivity contribution is 0.0769. The van der Waals surface area contributed by atoms with Crippen molar-refractivity contribution in [2.45, 2.75) is 13.8 Å². The minimum atomic E-state index is -0.518. The molecule has 1 aromatic carbocycles. The average Bonchev–Trinajstić information content (AvgIpc) is 3.02. The first-order valence-electron chi connectivity index (χ1n) is 8.38. The summed E-state index contributed by atoms with van der Waals surface area (Å²) in [5.41, 5.74) is 1.09. The number of nitrogens with one attached hydrogen (secondary N) is 1. The highest BCUT2D eigenvalue weighted by atomic mass is 19.1. The van der Waals surface area contributed by atoms with Gasteiger partial charge in [0.15, 0.2) is 5.69 Å². The van der Waals surface area contributed by atoms with Crippen LogP contribution < -0.4 is 5.32 Å². The molecule has 134 valence electrons. The number of carbonyl (C=O) groups excluding carboxylic acids is 2. The molecule has 0 atom stereocenters. The van der Waals surface area contributed by atoms with Crippen LogP contribution in [0.25, 0.3) is 5.52 Å². The molecule has 3 rings (SSSR count). The number of nitrogens with zero attached hydrogens (tertiary/aromatic N) is 3.